The minimum absolute atomic E-state index is 0.194. The van der Waals surface area contributed by atoms with E-state index < -0.39 is 0 Å². The Hall–Kier alpha value is -2.53. The van der Waals surface area contributed by atoms with E-state index in [1.54, 1.807) is 0 Å². The second-order valence-corrected chi connectivity index (χ2v) is 9.41. The summed E-state index contributed by atoms with van der Waals surface area (Å²) in [6.07, 6.45) is 13.5. The van der Waals surface area contributed by atoms with E-state index in [-0.39, 0.29) is 6.04 Å². The van der Waals surface area contributed by atoms with Crippen LogP contribution in [0, 0.1) is 11.8 Å². The molecule has 5 N–H and O–H groups in total. The monoisotopic (exact) mass is 419 g/mol. The predicted molar refractivity (Wildman–Crippen MR) is 130 cm³/mol. The largest absolute Gasteiger partial charge is 0.397 e. The maximum absolute atomic E-state index is 6.33. The Kier molecular flexibility index (Phi) is 6.51. The van der Waals surface area contributed by atoms with Crippen LogP contribution >= 0.6 is 0 Å². The average Bonchev–Trinajstić information content (AvgIpc) is 3.40. The highest BCUT2D eigenvalue weighted by atomic mass is 15.2. The second kappa shape index (κ2) is 9.31. The molecule has 2 aliphatic carbocycles. The number of nitrogens with one attached hydrogen (secondary N) is 1. The van der Waals surface area contributed by atoms with Crippen LogP contribution in [0.15, 0.2) is 54.9 Å². The highest BCUT2D eigenvalue weighted by Crippen LogP contribution is 2.52. The van der Waals surface area contributed by atoms with E-state index in [1.165, 1.54) is 31.4 Å². The van der Waals surface area contributed by atoms with Crippen molar-refractivity contribution in [3.8, 4) is 0 Å². The SMILES string of the molecule is C=C/C(NC(=C)c1nc(C2CC3CCC2C3)ccc1N)=C(\C=C/C)N1CCC[C@H](N)C1. The number of anilines is 1. The van der Waals surface area contributed by atoms with Gasteiger partial charge in [0.1, 0.15) is 5.69 Å². The Labute approximate surface area is 187 Å². The Morgan fingerprint density at radius 2 is 2.10 bits per heavy atom. The zero-order chi connectivity index (χ0) is 22.0. The lowest BCUT2D eigenvalue weighted by atomic mass is 9.86. The lowest BCUT2D eigenvalue weighted by molar-refractivity contribution is 0.264. The summed E-state index contributed by atoms with van der Waals surface area (Å²) in [6.45, 7) is 12.2. The minimum Gasteiger partial charge on any atom is -0.397 e. The molecule has 3 aliphatic rings. The minimum atomic E-state index is 0.194. The van der Waals surface area contributed by atoms with Crippen LogP contribution in [-0.2, 0) is 0 Å². The smallest absolute Gasteiger partial charge is 0.109 e. The molecular weight excluding hydrogens is 382 g/mol. The fourth-order valence-corrected chi connectivity index (χ4v) is 5.73. The molecule has 1 aliphatic heterocycles. The van der Waals surface area contributed by atoms with Gasteiger partial charge in [0.15, 0.2) is 0 Å². The van der Waals surface area contributed by atoms with Crippen molar-refractivity contribution in [3.63, 3.8) is 0 Å². The van der Waals surface area contributed by atoms with E-state index in [4.69, 9.17) is 16.5 Å². The Bertz CT molecular complexity index is 899. The zero-order valence-corrected chi connectivity index (χ0v) is 18.8. The van der Waals surface area contributed by atoms with Crippen molar-refractivity contribution in [1.29, 1.82) is 0 Å². The molecule has 0 spiro atoms. The van der Waals surface area contributed by atoms with Gasteiger partial charge in [-0.2, -0.15) is 0 Å². The number of fused-ring (bicyclic) bond motifs is 2. The van der Waals surface area contributed by atoms with Crippen LogP contribution in [0.3, 0.4) is 0 Å². The standard InChI is InChI=1S/C26H37N5/c1-4-7-25(31-13-6-8-20(27)16-31)23(5-2)29-17(3)26-22(28)11-12-24(30-26)21-15-18-9-10-19(21)14-18/h4-5,7,11-12,18-21,29H,2-3,6,8-10,13-16,27-28H2,1H3/b7-4-,25-23-/t18?,19?,20-,21?/m0/s1. The fourth-order valence-electron chi connectivity index (χ4n) is 5.73. The van der Waals surface area contributed by atoms with Crippen LogP contribution in [0.1, 0.15) is 62.8 Å². The molecule has 1 saturated heterocycles. The molecule has 0 radical (unpaired) electrons. The molecule has 166 valence electrons. The molecule has 0 amide bonds. The summed E-state index contributed by atoms with van der Waals surface area (Å²) in [5.41, 5.74) is 17.8. The maximum Gasteiger partial charge on any atom is 0.109 e. The normalized spacial score (nSPS) is 28.6. The van der Waals surface area contributed by atoms with Crippen LogP contribution in [0.5, 0.6) is 0 Å². The Balaban J connectivity index is 1.58. The molecule has 3 unspecified atom stereocenters. The summed E-state index contributed by atoms with van der Waals surface area (Å²) < 4.78 is 0. The van der Waals surface area contributed by atoms with E-state index in [2.05, 4.69) is 35.5 Å². The van der Waals surface area contributed by atoms with Crippen LogP contribution in [0.25, 0.3) is 5.70 Å². The molecule has 3 fully saturated rings. The van der Waals surface area contributed by atoms with Crippen LogP contribution < -0.4 is 16.8 Å². The van der Waals surface area contributed by atoms with Gasteiger partial charge < -0.3 is 21.7 Å². The van der Waals surface area contributed by atoms with Gasteiger partial charge in [-0.1, -0.05) is 25.7 Å². The second-order valence-electron chi connectivity index (χ2n) is 9.41. The first-order valence-corrected chi connectivity index (χ1v) is 11.7. The van der Waals surface area contributed by atoms with Crippen molar-refractivity contribution in [2.45, 2.75) is 57.4 Å². The van der Waals surface area contributed by atoms with Crippen LogP contribution in [0.2, 0.25) is 0 Å². The number of nitrogens with two attached hydrogens (primary N) is 2. The quantitative estimate of drug-likeness (QED) is 0.566. The molecule has 5 nitrogen and oxygen atoms in total. The van der Waals surface area contributed by atoms with E-state index >= 15 is 0 Å². The van der Waals surface area contributed by atoms with Gasteiger partial charge in [0.05, 0.1) is 22.8 Å². The first-order valence-electron chi connectivity index (χ1n) is 11.7. The van der Waals surface area contributed by atoms with Crippen molar-refractivity contribution in [3.05, 3.63) is 66.3 Å². The number of pyridine rings is 1. The van der Waals surface area contributed by atoms with Gasteiger partial charge in [0.25, 0.3) is 0 Å². The van der Waals surface area contributed by atoms with Crippen LogP contribution in [0.4, 0.5) is 5.69 Å². The van der Waals surface area contributed by atoms with Gasteiger partial charge in [-0.25, -0.2) is 4.98 Å². The summed E-state index contributed by atoms with van der Waals surface area (Å²) in [5, 5.41) is 3.46. The fraction of sp³-hybridized carbons (Fsp3) is 0.500. The molecule has 2 heterocycles. The lowest BCUT2D eigenvalue weighted by Gasteiger charge is -2.34. The molecule has 2 bridgehead atoms. The molecule has 1 aromatic rings. The van der Waals surface area contributed by atoms with Gasteiger partial charge >= 0.3 is 0 Å². The Morgan fingerprint density at radius 3 is 2.74 bits per heavy atom. The van der Waals surface area contributed by atoms with E-state index in [9.17, 15) is 0 Å². The molecule has 2 saturated carbocycles. The predicted octanol–water partition coefficient (Wildman–Crippen LogP) is 4.52. The molecule has 4 atom stereocenters. The van der Waals surface area contributed by atoms with Gasteiger partial charge in [-0.3, -0.25) is 0 Å². The molecule has 5 heteroatoms. The average molecular weight is 420 g/mol. The van der Waals surface area contributed by atoms with Crippen molar-refractivity contribution in [2.75, 3.05) is 18.8 Å². The lowest BCUT2D eigenvalue weighted by Crippen LogP contribution is -2.42. The Morgan fingerprint density at radius 1 is 1.26 bits per heavy atom. The first kappa shape index (κ1) is 21.7. The summed E-state index contributed by atoms with van der Waals surface area (Å²) in [6, 6.07) is 4.30. The highest BCUT2D eigenvalue weighted by Gasteiger charge is 2.40. The topological polar surface area (TPSA) is 80.2 Å². The molecule has 31 heavy (non-hydrogen) atoms. The number of hydrogen-bond donors (Lipinski definition) is 3. The first-order chi connectivity index (χ1) is 15.0. The third-order valence-corrected chi connectivity index (χ3v) is 7.24. The molecular formula is C26H37N5. The van der Waals surface area contributed by atoms with E-state index in [1.807, 2.05) is 25.1 Å². The summed E-state index contributed by atoms with van der Waals surface area (Å²) in [4.78, 5) is 7.32. The molecule has 4 rings (SSSR count). The van der Waals surface area contributed by atoms with Crippen molar-refractivity contribution in [2.24, 2.45) is 17.6 Å². The van der Waals surface area contributed by atoms with E-state index in [0.717, 1.165) is 54.9 Å². The number of aromatic nitrogens is 1. The number of rotatable bonds is 7. The van der Waals surface area contributed by atoms with Gasteiger partial charge in [-0.05, 0) is 75.1 Å². The third-order valence-electron chi connectivity index (χ3n) is 7.24. The summed E-state index contributed by atoms with van der Waals surface area (Å²) >= 11 is 0. The molecule has 0 aromatic carbocycles. The number of nitrogens with zero attached hydrogens (tertiary/aromatic N) is 2. The highest BCUT2D eigenvalue weighted by molar-refractivity contribution is 5.71. The number of piperidine rings is 1. The van der Waals surface area contributed by atoms with Gasteiger partial charge in [0, 0.05) is 30.7 Å². The maximum atomic E-state index is 6.33. The van der Waals surface area contributed by atoms with Crippen molar-refractivity contribution in [1.82, 2.24) is 15.2 Å². The van der Waals surface area contributed by atoms with Gasteiger partial charge in [-0.15, -0.1) is 0 Å². The van der Waals surface area contributed by atoms with Crippen molar-refractivity contribution < 1.29 is 0 Å². The van der Waals surface area contributed by atoms with Crippen molar-refractivity contribution >= 4 is 11.4 Å². The van der Waals surface area contributed by atoms with Gasteiger partial charge in [0.2, 0.25) is 0 Å². The number of allylic oxidation sites excluding steroid dienone is 3. The summed E-state index contributed by atoms with van der Waals surface area (Å²) in [5.74, 6) is 2.23. The van der Waals surface area contributed by atoms with E-state index in [0.29, 0.717) is 17.3 Å². The molecule has 1 aromatic heterocycles. The number of likely N-dealkylation sites (tertiary alicyclic amines) is 1. The summed E-state index contributed by atoms with van der Waals surface area (Å²) in [7, 11) is 0. The number of nitrogen functional groups attached to an aromatic ring is 1. The number of hydrogen-bond acceptors (Lipinski definition) is 5. The van der Waals surface area contributed by atoms with Crippen LogP contribution in [-0.4, -0.2) is 29.0 Å². The zero-order valence-electron chi connectivity index (χ0n) is 18.8. The third kappa shape index (κ3) is 4.57.